The Balaban J connectivity index is -0.00000131. The molecule has 32 heavy (non-hydrogen) atoms. The minimum absolute atomic E-state index is 0. The van der Waals surface area contributed by atoms with Gasteiger partial charge in [-0.15, -0.1) is 0 Å². The van der Waals surface area contributed by atoms with Gasteiger partial charge in [0.2, 0.25) is 0 Å². The molecule has 0 aromatic rings. The largest absolute Gasteiger partial charge is 0.481 e. The fourth-order valence-corrected chi connectivity index (χ4v) is 3.95. The third kappa shape index (κ3) is 25.4. The minimum atomic E-state index is -5.08. The predicted octanol–water partition coefficient (Wildman–Crippen LogP) is 6.84. The van der Waals surface area contributed by atoms with Crippen molar-refractivity contribution in [1.29, 1.82) is 0 Å². The van der Waals surface area contributed by atoms with Crippen molar-refractivity contribution in [2.45, 2.75) is 73.1 Å². The Morgan fingerprint density at radius 1 is 0.688 bits per heavy atom. The van der Waals surface area contributed by atoms with Gasteiger partial charge in [-0.3, -0.25) is 4.52 Å². The van der Waals surface area contributed by atoms with Gasteiger partial charge in [-0.1, -0.05) is 46.6 Å². The molecule has 0 bridgehead atoms. The van der Waals surface area contributed by atoms with Crippen LogP contribution in [0.3, 0.4) is 0 Å². The quantitative estimate of drug-likeness (QED) is 0.107. The Kier molecular flexibility index (Phi) is 23.5. The molecule has 12 heteroatoms. The molecule has 192 valence electrons. The van der Waals surface area contributed by atoms with Crippen molar-refractivity contribution >= 4 is 15.6 Å². The third-order valence-electron chi connectivity index (χ3n) is 4.03. The van der Waals surface area contributed by atoms with Crippen LogP contribution in [0.4, 0.5) is 0 Å². The van der Waals surface area contributed by atoms with Crippen LogP contribution in [0, 0.1) is 0 Å². The van der Waals surface area contributed by atoms with Crippen LogP contribution >= 0.6 is 15.6 Å². The summed E-state index contributed by atoms with van der Waals surface area (Å²) in [5.41, 5.74) is 5.03. The van der Waals surface area contributed by atoms with Crippen molar-refractivity contribution < 1.29 is 32.6 Å². The van der Waals surface area contributed by atoms with E-state index < -0.39 is 15.6 Å². The van der Waals surface area contributed by atoms with Crippen LogP contribution in [0.15, 0.2) is 46.6 Å². The van der Waals surface area contributed by atoms with Gasteiger partial charge in [0.15, 0.2) is 0 Å². The van der Waals surface area contributed by atoms with Crippen LogP contribution in [0.1, 0.15) is 73.1 Å². The highest BCUT2D eigenvalue weighted by atomic mass is 31.3. The van der Waals surface area contributed by atoms with E-state index in [9.17, 15) is 14.0 Å². The van der Waals surface area contributed by atoms with Gasteiger partial charge in [-0.05, 0) is 73.1 Å². The summed E-state index contributed by atoms with van der Waals surface area (Å²) in [6.45, 7) is 10.1. The predicted molar refractivity (Wildman–Crippen MR) is 132 cm³/mol. The number of hydrogen-bond donors (Lipinski definition) is 6. The highest BCUT2D eigenvalue weighted by molar-refractivity contribution is 7.60. The van der Waals surface area contributed by atoms with Crippen molar-refractivity contribution in [1.82, 2.24) is 18.5 Å². The molecule has 0 radical (unpaired) electrons. The smallest absolute Gasteiger partial charge is 0.344 e. The lowest BCUT2D eigenvalue weighted by molar-refractivity contribution is 0.191. The van der Waals surface area contributed by atoms with E-state index in [1.54, 1.807) is 6.08 Å². The van der Waals surface area contributed by atoms with E-state index in [0.717, 1.165) is 44.1 Å². The summed E-state index contributed by atoms with van der Waals surface area (Å²) in [5, 5.41) is 0. The monoisotopic (exact) mass is 501 g/mol. The fraction of sp³-hybridized carbons (Fsp3) is 0.600. The molecule has 0 amide bonds. The van der Waals surface area contributed by atoms with Gasteiger partial charge in [-0.25, -0.2) is 9.13 Å². The Bertz CT molecular complexity index is 725. The molecule has 0 aromatic carbocycles. The highest BCUT2D eigenvalue weighted by Gasteiger charge is 2.31. The average molecular weight is 502 g/mol. The first-order chi connectivity index (χ1) is 13.3. The molecule has 0 aliphatic carbocycles. The molecule has 0 spiro atoms. The van der Waals surface area contributed by atoms with E-state index in [1.807, 2.05) is 6.92 Å². The zero-order valence-corrected chi connectivity index (χ0v) is 22.0. The van der Waals surface area contributed by atoms with E-state index in [1.165, 1.54) is 16.7 Å². The summed E-state index contributed by atoms with van der Waals surface area (Å²) in [6.07, 6.45) is 14.1. The van der Waals surface area contributed by atoms with Crippen LogP contribution < -0.4 is 18.5 Å². The second-order valence-electron chi connectivity index (χ2n) is 7.39. The summed E-state index contributed by atoms with van der Waals surface area (Å²) >= 11 is 0. The molecule has 0 heterocycles. The van der Waals surface area contributed by atoms with Crippen LogP contribution in [0.5, 0.6) is 0 Å². The van der Waals surface area contributed by atoms with Crippen LogP contribution in [-0.4, -0.2) is 21.3 Å². The number of hydrogen-bond acceptors (Lipinski definition) is 7. The molecule has 0 aliphatic heterocycles. The molecule has 0 saturated heterocycles. The van der Waals surface area contributed by atoms with Crippen molar-refractivity contribution in [3.8, 4) is 0 Å². The zero-order chi connectivity index (χ0) is 22.5. The Morgan fingerprint density at radius 3 is 1.44 bits per heavy atom. The fourth-order valence-electron chi connectivity index (χ4n) is 2.42. The molecule has 12 N–H and O–H groups in total. The maximum absolute atomic E-state index is 11.3. The minimum Gasteiger partial charge on any atom is -0.344 e. The molecule has 0 aliphatic rings. The highest BCUT2D eigenvalue weighted by Crippen LogP contribution is 2.57. The van der Waals surface area contributed by atoms with E-state index >= 15 is 0 Å². The van der Waals surface area contributed by atoms with Crippen LogP contribution in [0.2, 0.25) is 0 Å². The summed E-state index contributed by atoms with van der Waals surface area (Å²) in [4.78, 5) is 26.2. The summed E-state index contributed by atoms with van der Waals surface area (Å²) in [7, 11) is -9.85. The Hall–Kier alpha value is -0.900. The van der Waals surface area contributed by atoms with Crippen molar-refractivity contribution in [2.75, 3.05) is 6.61 Å². The Labute approximate surface area is 193 Å². The molecule has 0 fully saturated rings. The lowest BCUT2D eigenvalue weighted by atomic mass is 10.0. The third-order valence-corrected chi connectivity index (χ3v) is 6.18. The maximum Gasteiger partial charge on any atom is 0.481 e. The lowest BCUT2D eigenvalue weighted by Gasteiger charge is -2.11. The molecule has 10 nitrogen and oxygen atoms in total. The van der Waals surface area contributed by atoms with Gasteiger partial charge in [0.05, 0.1) is 6.61 Å². The normalized spacial score (nSPS) is 14.4. The van der Waals surface area contributed by atoms with Gasteiger partial charge in [-0.2, -0.15) is 4.31 Å². The topological polar surface area (TPSA) is 218 Å². The van der Waals surface area contributed by atoms with Crippen molar-refractivity contribution in [3.63, 3.8) is 0 Å². The van der Waals surface area contributed by atoms with Crippen molar-refractivity contribution in [3.05, 3.63) is 46.6 Å². The first-order valence-electron chi connectivity index (χ1n) is 9.65. The first-order valence-corrected chi connectivity index (χ1v) is 12.7. The molecular weight excluding hydrogens is 456 g/mol. The number of phosphoric ester groups is 1. The maximum atomic E-state index is 11.3. The summed E-state index contributed by atoms with van der Waals surface area (Å²) < 4.78 is 30.1. The standard InChI is InChI=1S/C20H36O7P2.3H3N/c1-17(2)9-6-10-18(3)11-7-12-19(4)13-8-14-20(5)15-16-26-29(24,25)27-28(21,22)23;;;/h9,11,13,15H,6-8,10,12,14,16H2,1-5H3,(H,24,25)(H2,21,22,23);3*1H3/b18-11+,19-13+,20-15+;;;. The summed E-state index contributed by atoms with van der Waals surface area (Å²) in [5.74, 6) is 0. The Morgan fingerprint density at radius 2 is 1.06 bits per heavy atom. The van der Waals surface area contributed by atoms with Gasteiger partial charge in [0.25, 0.3) is 0 Å². The van der Waals surface area contributed by atoms with Crippen molar-refractivity contribution in [2.24, 2.45) is 0 Å². The van der Waals surface area contributed by atoms with Gasteiger partial charge in [0, 0.05) is 0 Å². The average Bonchev–Trinajstić information content (AvgIpc) is 2.51. The molecule has 1 unspecified atom stereocenters. The zero-order valence-electron chi connectivity index (χ0n) is 20.2. The van der Waals surface area contributed by atoms with Gasteiger partial charge < -0.3 is 33.1 Å². The van der Waals surface area contributed by atoms with Crippen LogP contribution in [0.25, 0.3) is 0 Å². The van der Waals surface area contributed by atoms with E-state index in [4.69, 9.17) is 9.79 Å². The number of phosphoric acid groups is 2. The summed E-state index contributed by atoms with van der Waals surface area (Å²) in [6, 6.07) is 0. The van der Waals surface area contributed by atoms with E-state index in [-0.39, 0.29) is 25.1 Å². The molecule has 0 saturated carbocycles. The van der Waals surface area contributed by atoms with Gasteiger partial charge >= 0.3 is 15.6 Å². The second kappa shape index (κ2) is 19.6. The number of rotatable bonds is 14. The van der Waals surface area contributed by atoms with E-state index in [0.29, 0.717) is 0 Å². The van der Waals surface area contributed by atoms with E-state index in [2.05, 4.69) is 54.8 Å². The molecule has 0 rings (SSSR count). The molecule has 1 atom stereocenters. The first kappa shape index (κ1) is 38.4. The SMILES string of the molecule is CC(C)=CCC/C(C)=C/CC/C(C)=C/CC/C(C)=C/COP(=O)(O)OP(=O)(O)O.N.N.N. The van der Waals surface area contributed by atoms with Gasteiger partial charge in [0.1, 0.15) is 0 Å². The lowest BCUT2D eigenvalue weighted by Crippen LogP contribution is -1.94. The second-order valence-corrected chi connectivity index (χ2v) is 10.2. The van der Waals surface area contributed by atoms with Crippen LogP contribution in [-0.2, 0) is 18.0 Å². The molecular formula is C20H45N3O7P2. The molecule has 0 aromatic heterocycles. The number of allylic oxidation sites excluding steroid dienone is 7.